The zero-order valence-electron chi connectivity index (χ0n) is 15.7. The molecule has 0 spiro atoms. The van der Waals surface area contributed by atoms with Crippen molar-refractivity contribution in [3.63, 3.8) is 0 Å². The molecule has 4 heteroatoms. The number of ether oxygens (including phenoxy) is 1. The van der Waals surface area contributed by atoms with Gasteiger partial charge in [-0.05, 0) is 49.9 Å². The number of fused-ring (bicyclic) bond motifs is 3. The van der Waals surface area contributed by atoms with Crippen molar-refractivity contribution in [1.29, 1.82) is 0 Å². The molecule has 0 unspecified atom stereocenters. The number of nitrogens with zero attached hydrogens (tertiary/aromatic N) is 2. The van der Waals surface area contributed by atoms with E-state index in [1.165, 1.54) is 22.3 Å². The van der Waals surface area contributed by atoms with Crippen molar-refractivity contribution in [1.82, 2.24) is 0 Å². The highest BCUT2D eigenvalue weighted by Gasteiger charge is 2.33. The molecular formula is C22H24N2O2. The summed E-state index contributed by atoms with van der Waals surface area (Å²) in [6.45, 7) is 7.60. The number of esters is 1. The topological polar surface area (TPSA) is 51.0 Å². The Hall–Kier alpha value is -2.71. The van der Waals surface area contributed by atoms with E-state index >= 15 is 0 Å². The minimum Gasteiger partial charge on any atom is -0.463 e. The van der Waals surface area contributed by atoms with Crippen LogP contribution in [0.1, 0.15) is 44.7 Å². The summed E-state index contributed by atoms with van der Waals surface area (Å²) in [6.07, 6.45) is 0. The largest absolute Gasteiger partial charge is 0.463 e. The summed E-state index contributed by atoms with van der Waals surface area (Å²) < 4.78 is 5.65. The second-order valence-corrected chi connectivity index (χ2v) is 7.32. The van der Waals surface area contributed by atoms with Gasteiger partial charge >= 0.3 is 5.97 Å². The molecule has 1 aliphatic carbocycles. The molecule has 0 aromatic heterocycles. The van der Waals surface area contributed by atoms with Gasteiger partial charge in [-0.25, -0.2) is 14.8 Å². The number of aliphatic imine (C=N–C) groups is 2. The van der Waals surface area contributed by atoms with Crippen LogP contribution in [0.3, 0.4) is 0 Å². The number of rotatable bonds is 5. The Labute approximate surface area is 154 Å². The second kappa shape index (κ2) is 7.27. The van der Waals surface area contributed by atoms with E-state index in [1.54, 1.807) is 13.8 Å². The third-order valence-corrected chi connectivity index (χ3v) is 4.49. The molecule has 0 saturated heterocycles. The van der Waals surface area contributed by atoms with Crippen molar-refractivity contribution in [2.75, 3.05) is 6.61 Å². The number of hydrogen-bond donors (Lipinski definition) is 0. The van der Waals surface area contributed by atoms with Crippen LogP contribution >= 0.6 is 0 Å². The van der Waals surface area contributed by atoms with Crippen LogP contribution in [0.2, 0.25) is 0 Å². The second-order valence-electron chi connectivity index (χ2n) is 7.32. The lowest BCUT2D eigenvalue weighted by Crippen LogP contribution is -2.32. The first-order valence-corrected chi connectivity index (χ1v) is 8.92. The van der Waals surface area contributed by atoms with Gasteiger partial charge in [-0.15, -0.1) is 0 Å². The molecule has 4 nitrogen and oxygen atoms in total. The summed E-state index contributed by atoms with van der Waals surface area (Å²) in [5.74, 6) is -0.318. The van der Waals surface area contributed by atoms with Gasteiger partial charge in [0.25, 0.3) is 0 Å². The van der Waals surface area contributed by atoms with E-state index in [1.807, 2.05) is 38.1 Å². The fraction of sp³-hybridized carbons (Fsp3) is 0.364. The van der Waals surface area contributed by atoms with Crippen LogP contribution in [0.5, 0.6) is 0 Å². The average Bonchev–Trinajstić information content (AvgIpc) is 2.93. The quantitative estimate of drug-likeness (QED) is 0.581. The lowest BCUT2D eigenvalue weighted by atomic mass is 9.98. The maximum Gasteiger partial charge on any atom is 0.334 e. The SMILES string of the molecule is CC(C)N=C=NC(C)(C)C(=O)OCC1c2ccccc2-c2ccccc21. The van der Waals surface area contributed by atoms with Gasteiger partial charge in [0.15, 0.2) is 5.54 Å². The van der Waals surface area contributed by atoms with Crippen LogP contribution in [0.25, 0.3) is 11.1 Å². The normalized spacial score (nSPS) is 13.0. The highest BCUT2D eigenvalue weighted by molar-refractivity contribution is 5.82. The van der Waals surface area contributed by atoms with Crippen molar-refractivity contribution >= 4 is 12.0 Å². The smallest absolute Gasteiger partial charge is 0.334 e. The molecule has 134 valence electrons. The molecule has 0 aliphatic heterocycles. The maximum absolute atomic E-state index is 12.5. The van der Waals surface area contributed by atoms with Crippen LogP contribution in [-0.4, -0.2) is 30.2 Å². The summed E-state index contributed by atoms with van der Waals surface area (Å²) in [5.41, 5.74) is 3.82. The maximum atomic E-state index is 12.5. The molecule has 0 bridgehead atoms. The van der Waals surface area contributed by atoms with Crippen LogP contribution in [0.4, 0.5) is 0 Å². The molecule has 2 aromatic rings. The summed E-state index contributed by atoms with van der Waals surface area (Å²) in [5, 5.41) is 0. The Morgan fingerprint density at radius 2 is 1.62 bits per heavy atom. The predicted molar refractivity (Wildman–Crippen MR) is 104 cm³/mol. The van der Waals surface area contributed by atoms with Crippen LogP contribution in [-0.2, 0) is 9.53 Å². The molecule has 3 rings (SSSR count). The Kier molecular flexibility index (Phi) is 5.06. The first-order valence-electron chi connectivity index (χ1n) is 8.92. The predicted octanol–water partition coefficient (Wildman–Crippen LogP) is 4.70. The molecule has 0 heterocycles. The van der Waals surface area contributed by atoms with E-state index in [9.17, 15) is 4.79 Å². The lowest BCUT2D eigenvalue weighted by molar-refractivity contribution is -0.148. The zero-order valence-corrected chi connectivity index (χ0v) is 15.7. The Morgan fingerprint density at radius 1 is 1.08 bits per heavy atom. The van der Waals surface area contributed by atoms with E-state index < -0.39 is 5.54 Å². The number of carbonyl (C=O) groups excluding carboxylic acids is 1. The van der Waals surface area contributed by atoms with E-state index in [4.69, 9.17) is 4.74 Å². The summed E-state index contributed by atoms with van der Waals surface area (Å²) in [6, 6.07) is 19.3. The molecule has 0 atom stereocenters. The van der Waals surface area contributed by atoms with Crippen LogP contribution in [0.15, 0.2) is 58.5 Å². The van der Waals surface area contributed by atoms with Gasteiger partial charge < -0.3 is 4.74 Å². The minimum atomic E-state index is -1.00. The van der Waals surface area contributed by atoms with Gasteiger partial charge in [-0.1, -0.05) is 48.5 Å². The van der Waals surface area contributed by atoms with E-state index in [0.717, 1.165) is 0 Å². The van der Waals surface area contributed by atoms with Crippen molar-refractivity contribution in [3.05, 3.63) is 59.7 Å². The monoisotopic (exact) mass is 348 g/mol. The minimum absolute atomic E-state index is 0.0514. The van der Waals surface area contributed by atoms with Crippen molar-refractivity contribution in [2.24, 2.45) is 9.98 Å². The summed E-state index contributed by atoms with van der Waals surface area (Å²) >= 11 is 0. The molecule has 0 N–H and O–H groups in total. The average molecular weight is 348 g/mol. The van der Waals surface area contributed by atoms with Gasteiger partial charge in [0.05, 0.1) is 12.1 Å². The highest BCUT2D eigenvalue weighted by atomic mass is 16.5. The van der Waals surface area contributed by atoms with Gasteiger partial charge in [0.2, 0.25) is 0 Å². The van der Waals surface area contributed by atoms with E-state index in [-0.39, 0.29) is 17.9 Å². The number of benzene rings is 2. The van der Waals surface area contributed by atoms with Crippen molar-refractivity contribution in [3.8, 4) is 11.1 Å². The summed E-state index contributed by atoms with van der Waals surface area (Å²) in [4.78, 5) is 20.7. The molecule has 2 aromatic carbocycles. The first kappa shape index (κ1) is 18.1. The number of carbonyl (C=O) groups is 1. The van der Waals surface area contributed by atoms with Crippen LogP contribution < -0.4 is 0 Å². The highest BCUT2D eigenvalue weighted by Crippen LogP contribution is 2.44. The fourth-order valence-electron chi connectivity index (χ4n) is 3.09. The van der Waals surface area contributed by atoms with Gasteiger partial charge in [0.1, 0.15) is 6.61 Å². The first-order chi connectivity index (χ1) is 12.4. The van der Waals surface area contributed by atoms with Crippen LogP contribution in [0, 0.1) is 0 Å². The van der Waals surface area contributed by atoms with Gasteiger partial charge in [0, 0.05) is 5.92 Å². The molecule has 0 saturated carbocycles. The van der Waals surface area contributed by atoms with E-state index in [2.05, 4.69) is 40.3 Å². The number of hydrogen-bond acceptors (Lipinski definition) is 4. The molecule has 0 radical (unpaired) electrons. The van der Waals surface area contributed by atoms with Gasteiger partial charge in [-0.2, -0.15) is 0 Å². The molecule has 1 aliphatic rings. The van der Waals surface area contributed by atoms with Crippen molar-refractivity contribution in [2.45, 2.75) is 45.2 Å². The molecule has 0 fully saturated rings. The van der Waals surface area contributed by atoms with Crippen molar-refractivity contribution < 1.29 is 9.53 Å². The Bertz CT molecular complexity index is 832. The van der Waals surface area contributed by atoms with E-state index in [0.29, 0.717) is 6.61 Å². The molecular weight excluding hydrogens is 324 g/mol. The lowest BCUT2D eigenvalue weighted by Gasteiger charge is -2.19. The zero-order chi connectivity index (χ0) is 18.7. The molecule has 26 heavy (non-hydrogen) atoms. The third-order valence-electron chi connectivity index (χ3n) is 4.49. The standard InChI is InChI=1S/C22H24N2O2/c1-15(2)23-14-24-22(3,4)21(25)26-13-20-18-11-7-5-9-16(18)17-10-6-8-12-19(17)20/h5-12,15,20H,13H2,1-4H3. The Morgan fingerprint density at radius 3 is 2.15 bits per heavy atom. The summed E-state index contributed by atoms with van der Waals surface area (Å²) in [7, 11) is 0. The third kappa shape index (κ3) is 3.61. The molecule has 0 amide bonds. The fourth-order valence-corrected chi connectivity index (χ4v) is 3.09. The Balaban J connectivity index is 1.78. The van der Waals surface area contributed by atoms with Gasteiger partial charge in [-0.3, -0.25) is 0 Å².